The molecule has 4 rings (SSSR count). The van der Waals surface area contributed by atoms with Gasteiger partial charge in [0.25, 0.3) is 5.89 Å². The van der Waals surface area contributed by atoms with Crippen LogP contribution in [0.25, 0.3) is 28.4 Å². The average molecular weight is 451 g/mol. The van der Waals surface area contributed by atoms with Gasteiger partial charge in [0.15, 0.2) is 11.5 Å². The molecule has 0 aliphatic carbocycles. The Balaban J connectivity index is 1.58. The van der Waals surface area contributed by atoms with Gasteiger partial charge in [-0.05, 0) is 52.2 Å². The second kappa shape index (κ2) is 10.6. The maximum Gasteiger partial charge on any atom is 0.258 e. The Hall–Kier alpha value is -3.20. The van der Waals surface area contributed by atoms with E-state index in [9.17, 15) is 0 Å². The van der Waals surface area contributed by atoms with Crippen molar-refractivity contribution in [3.63, 3.8) is 0 Å². The quantitative estimate of drug-likeness (QED) is 0.343. The first-order valence-corrected chi connectivity index (χ1v) is 11.4. The van der Waals surface area contributed by atoms with E-state index in [1.54, 1.807) is 0 Å². The molecule has 0 saturated carbocycles. The van der Waals surface area contributed by atoms with E-state index in [0.29, 0.717) is 36.4 Å². The fourth-order valence-corrected chi connectivity index (χ4v) is 3.83. The molecule has 0 bridgehead atoms. The molecule has 8 heteroatoms. The molecule has 1 aliphatic heterocycles. The summed E-state index contributed by atoms with van der Waals surface area (Å²) in [5.41, 5.74) is 5.31. The predicted molar refractivity (Wildman–Crippen MR) is 128 cm³/mol. The molecule has 0 radical (unpaired) electrons. The molecule has 2 aromatic carbocycles. The van der Waals surface area contributed by atoms with E-state index < -0.39 is 0 Å². The molecule has 0 atom stereocenters. The highest BCUT2D eigenvalue weighted by Crippen LogP contribution is 2.36. The lowest BCUT2D eigenvalue weighted by Gasteiger charge is -2.11. The maximum absolute atomic E-state index is 5.74. The Labute approximate surface area is 194 Å². The van der Waals surface area contributed by atoms with Crippen LogP contribution in [0.4, 0.5) is 5.69 Å². The van der Waals surface area contributed by atoms with Gasteiger partial charge in [0, 0.05) is 42.4 Å². The molecule has 33 heavy (non-hydrogen) atoms. The van der Waals surface area contributed by atoms with Crippen LogP contribution in [0.3, 0.4) is 0 Å². The van der Waals surface area contributed by atoms with Crippen molar-refractivity contribution in [1.29, 1.82) is 0 Å². The predicted octanol–water partition coefficient (Wildman–Crippen LogP) is 2.90. The summed E-state index contributed by atoms with van der Waals surface area (Å²) in [6, 6.07) is 11.9. The summed E-state index contributed by atoms with van der Waals surface area (Å²) in [5.74, 6) is 2.39. The van der Waals surface area contributed by atoms with E-state index in [1.165, 1.54) is 11.3 Å². The fraction of sp³-hybridized carbons (Fsp3) is 0.360. The van der Waals surface area contributed by atoms with Crippen LogP contribution in [0.15, 0.2) is 47.1 Å². The van der Waals surface area contributed by atoms with Gasteiger partial charge in [0.2, 0.25) is 5.82 Å². The minimum absolute atomic E-state index is 0.447. The SMILES string of the molecule is CCOc1ccc(-c2nc(-c3cccc4c3C(CNCCN(C)C)=C[NH2+]4)no2)cc1OCC. The van der Waals surface area contributed by atoms with E-state index in [4.69, 9.17) is 19.0 Å². The number of likely N-dealkylation sites (N-methyl/N-ethyl adjacent to an activating group) is 1. The highest BCUT2D eigenvalue weighted by Gasteiger charge is 2.25. The molecular formula is C25H32N5O3+. The number of aromatic nitrogens is 2. The van der Waals surface area contributed by atoms with Crippen molar-refractivity contribution in [2.75, 3.05) is 46.9 Å². The largest absolute Gasteiger partial charge is 0.490 e. The molecule has 3 aromatic rings. The standard InChI is InChI=1S/C25H31N5O3/c1-5-31-21-11-10-17(14-22(21)32-6-2)25-28-24(29-33-25)19-8-7-9-20-23(19)18(16-27-20)15-26-12-13-30(3)4/h7-11,14,16,26-27H,5-6,12-13,15H2,1-4H3/p+1. The smallest absolute Gasteiger partial charge is 0.258 e. The lowest BCUT2D eigenvalue weighted by molar-refractivity contribution is -0.491. The zero-order chi connectivity index (χ0) is 23.2. The molecule has 8 nitrogen and oxygen atoms in total. The van der Waals surface area contributed by atoms with E-state index in [-0.39, 0.29) is 0 Å². The normalized spacial score (nSPS) is 12.7. The fourth-order valence-electron chi connectivity index (χ4n) is 3.83. The van der Waals surface area contributed by atoms with Crippen molar-refractivity contribution >= 4 is 11.3 Å². The molecule has 0 spiro atoms. The Bertz CT molecular complexity index is 1120. The molecular weight excluding hydrogens is 418 g/mol. The lowest BCUT2D eigenvalue weighted by Crippen LogP contribution is -2.69. The number of nitrogens with two attached hydrogens (primary N) is 1. The van der Waals surface area contributed by atoms with Crippen LogP contribution in [0.2, 0.25) is 0 Å². The van der Waals surface area contributed by atoms with Gasteiger partial charge >= 0.3 is 0 Å². The van der Waals surface area contributed by atoms with Crippen LogP contribution in [-0.4, -0.2) is 62.0 Å². The second-order valence-electron chi connectivity index (χ2n) is 8.06. The molecule has 0 saturated heterocycles. The van der Waals surface area contributed by atoms with E-state index in [1.807, 2.05) is 44.2 Å². The van der Waals surface area contributed by atoms with Crippen molar-refractivity contribution in [2.45, 2.75) is 13.8 Å². The van der Waals surface area contributed by atoms with Crippen LogP contribution < -0.4 is 20.1 Å². The van der Waals surface area contributed by atoms with Gasteiger partial charge in [-0.2, -0.15) is 4.98 Å². The Morgan fingerprint density at radius 2 is 1.88 bits per heavy atom. The third-order valence-electron chi connectivity index (χ3n) is 5.39. The molecule has 0 unspecified atom stereocenters. The number of nitrogens with zero attached hydrogens (tertiary/aromatic N) is 3. The minimum Gasteiger partial charge on any atom is -0.490 e. The molecule has 0 fully saturated rings. The number of hydrogen-bond acceptors (Lipinski definition) is 7. The monoisotopic (exact) mass is 450 g/mol. The van der Waals surface area contributed by atoms with Crippen LogP contribution in [0.5, 0.6) is 11.5 Å². The summed E-state index contributed by atoms with van der Waals surface area (Å²) in [7, 11) is 4.15. The third-order valence-corrected chi connectivity index (χ3v) is 5.39. The zero-order valence-corrected chi connectivity index (χ0v) is 19.7. The van der Waals surface area contributed by atoms with Gasteiger partial charge in [-0.1, -0.05) is 11.2 Å². The number of hydrogen-bond donors (Lipinski definition) is 2. The zero-order valence-electron chi connectivity index (χ0n) is 19.7. The number of quaternary nitrogens is 1. The topological polar surface area (TPSA) is 89.3 Å². The lowest BCUT2D eigenvalue weighted by atomic mass is 9.99. The van der Waals surface area contributed by atoms with Crippen molar-refractivity contribution in [3.05, 3.63) is 48.2 Å². The maximum atomic E-state index is 5.74. The van der Waals surface area contributed by atoms with Crippen LogP contribution in [0.1, 0.15) is 19.4 Å². The molecule has 0 amide bonds. The molecule has 174 valence electrons. The van der Waals surface area contributed by atoms with Crippen LogP contribution >= 0.6 is 0 Å². The summed E-state index contributed by atoms with van der Waals surface area (Å²) in [5, 5.41) is 9.97. The van der Waals surface area contributed by atoms with Gasteiger partial charge in [-0.15, -0.1) is 0 Å². The summed E-state index contributed by atoms with van der Waals surface area (Å²) < 4.78 is 17.1. The number of rotatable bonds is 11. The average Bonchev–Trinajstić information content (AvgIpc) is 3.46. The van der Waals surface area contributed by atoms with E-state index in [0.717, 1.165) is 36.3 Å². The Morgan fingerprint density at radius 1 is 1.06 bits per heavy atom. The number of ether oxygens (including phenoxy) is 2. The number of fused-ring (bicyclic) bond motifs is 1. The Morgan fingerprint density at radius 3 is 2.67 bits per heavy atom. The van der Waals surface area contributed by atoms with Gasteiger partial charge in [-0.25, -0.2) is 0 Å². The first-order valence-electron chi connectivity index (χ1n) is 11.4. The molecule has 2 heterocycles. The first-order chi connectivity index (χ1) is 16.1. The number of nitrogens with one attached hydrogen (secondary N) is 1. The summed E-state index contributed by atoms with van der Waals surface area (Å²) in [4.78, 5) is 6.88. The second-order valence-corrected chi connectivity index (χ2v) is 8.06. The van der Waals surface area contributed by atoms with Gasteiger partial charge in [0.05, 0.1) is 18.8 Å². The van der Waals surface area contributed by atoms with Gasteiger partial charge in [0.1, 0.15) is 11.9 Å². The molecule has 1 aromatic heterocycles. The summed E-state index contributed by atoms with van der Waals surface area (Å²) in [6.45, 7) is 7.71. The highest BCUT2D eigenvalue weighted by molar-refractivity contribution is 5.86. The molecule has 3 N–H and O–H groups in total. The summed E-state index contributed by atoms with van der Waals surface area (Å²) in [6.07, 6.45) is 2.17. The van der Waals surface area contributed by atoms with E-state index in [2.05, 4.69) is 47.1 Å². The van der Waals surface area contributed by atoms with E-state index >= 15 is 0 Å². The molecule has 1 aliphatic rings. The Kier molecular flexibility index (Phi) is 7.39. The van der Waals surface area contributed by atoms with Gasteiger partial charge < -0.3 is 24.2 Å². The highest BCUT2D eigenvalue weighted by atomic mass is 16.5. The van der Waals surface area contributed by atoms with Crippen LogP contribution in [-0.2, 0) is 0 Å². The van der Waals surface area contributed by atoms with Crippen LogP contribution in [0, 0.1) is 0 Å². The van der Waals surface area contributed by atoms with Crippen molar-refractivity contribution < 1.29 is 19.3 Å². The van der Waals surface area contributed by atoms with Crippen molar-refractivity contribution in [3.8, 4) is 34.3 Å². The first kappa shape index (κ1) is 23.0. The van der Waals surface area contributed by atoms with Crippen molar-refractivity contribution in [2.24, 2.45) is 0 Å². The van der Waals surface area contributed by atoms with Gasteiger partial charge in [-0.3, -0.25) is 5.32 Å². The number of benzene rings is 2. The minimum atomic E-state index is 0.447. The third kappa shape index (κ3) is 5.24. The summed E-state index contributed by atoms with van der Waals surface area (Å²) >= 11 is 0. The van der Waals surface area contributed by atoms with Crippen molar-refractivity contribution in [1.82, 2.24) is 20.4 Å².